The molecule has 80 heavy (non-hydrogen) atoms. The minimum Gasteiger partial charge on any atom is -0.330 e. The number of hydrogen-bond donors (Lipinski definition) is 9. The highest BCUT2D eigenvalue weighted by atomic mass is 35.5. The van der Waals surface area contributed by atoms with Crippen LogP contribution >= 0.6 is 12.4 Å². The summed E-state index contributed by atoms with van der Waals surface area (Å²) < 4.78 is 87.5. The Balaban J connectivity index is 0.0000118. The van der Waals surface area contributed by atoms with Gasteiger partial charge in [0, 0.05) is 23.0 Å². The third-order valence-electron chi connectivity index (χ3n) is 12.9. The van der Waals surface area contributed by atoms with E-state index in [4.69, 9.17) is 17.2 Å². The first kappa shape index (κ1) is 64.5. The Morgan fingerprint density at radius 1 is 0.350 bits per heavy atom. The molecule has 0 saturated heterocycles. The fourth-order valence-electron chi connectivity index (χ4n) is 8.91. The summed E-state index contributed by atoms with van der Waals surface area (Å²) in [5, 5.41) is 8.64. The standard InChI is InChI=1S/C58H73N9O9S3.ClH/c59-37-13-10-22-52(65-77(71,72)40-43-16-4-1-5-17-43)56(68)62-49-31-25-46(26-32-49)55(47-27-33-50(34-28-47)63-57(69)53(23-11-14-38-60)66-78(73,74)41-44-18-6-2-7-19-44)48-29-35-51(36-30-48)64-58(70)54(24-12-15-39-61)67-79(75,76)42-45-20-8-3-9-21-45;/h1-9,16-21,25-36,52-55,65-67H,10-15,22-24,37-42,59-61H2,(H,62,68)(H,63,69)(H,64,70);1H/t52-,53-,54-;/m1./s1. The molecule has 0 fully saturated rings. The molecular formula is C58H74ClN9O9S3. The molecule has 0 spiro atoms. The van der Waals surface area contributed by atoms with Gasteiger partial charge in [0.05, 0.1) is 17.3 Å². The summed E-state index contributed by atoms with van der Waals surface area (Å²) in [7, 11) is -11.7. The highest BCUT2D eigenvalue weighted by Crippen LogP contribution is 2.34. The van der Waals surface area contributed by atoms with E-state index in [-0.39, 0.29) is 48.9 Å². The van der Waals surface area contributed by atoms with E-state index in [2.05, 4.69) is 30.1 Å². The largest absolute Gasteiger partial charge is 0.330 e. The van der Waals surface area contributed by atoms with Gasteiger partial charge in [-0.15, -0.1) is 12.4 Å². The van der Waals surface area contributed by atoms with Crippen molar-refractivity contribution in [1.82, 2.24) is 14.2 Å². The zero-order valence-corrected chi connectivity index (χ0v) is 47.8. The van der Waals surface area contributed by atoms with Crippen LogP contribution in [0.15, 0.2) is 164 Å². The van der Waals surface area contributed by atoms with E-state index in [0.717, 1.165) is 16.7 Å². The molecule has 0 aliphatic carbocycles. The van der Waals surface area contributed by atoms with Crippen molar-refractivity contribution in [2.75, 3.05) is 35.6 Å². The monoisotopic (exact) mass is 1170 g/mol. The molecule has 0 radical (unpaired) electrons. The van der Waals surface area contributed by atoms with Crippen molar-refractivity contribution >= 4 is 77.3 Å². The number of sulfonamides is 3. The average molecular weight is 1170 g/mol. The summed E-state index contributed by atoms with van der Waals surface area (Å²) in [6.45, 7) is 1.15. The molecule has 3 amide bonds. The van der Waals surface area contributed by atoms with Crippen molar-refractivity contribution in [1.29, 1.82) is 0 Å². The van der Waals surface area contributed by atoms with Crippen LogP contribution in [-0.4, -0.2) is 80.7 Å². The summed E-state index contributed by atoms with van der Waals surface area (Å²) in [5.74, 6) is -2.99. The topological polar surface area (TPSA) is 304 Å². The highest BCUT2D eigenvalue weighted by Gasteiger charge is 2.28. The lowest BCUT2D eigenvalue weighted by molar-refractivity contribution is -0.118. The lowest BCUT2D eigenvalue weighted by Gasteiger charge is -2.22. The number of nitrogens with two attached hydrogens (primary N) is 3. The lowest BCUT2D eigenvalue weighted by Crippen LogP contribution is -2.44. The molecular weight excluding hydrogens is 1100 g/mol. The summed E-state index contributed by atoms with van der Waals surface area (Å²) in [6, 6.07) is 44.1. The first-order chi connectivity index (χ1) is 37.9. The van der Waals surface area contributed by atoms with Gasteiger partial charge in [-0.1, -0.05) is 147 Å². The molecule has 0 aliphatic heterocycles. The SMILES string of the molecule is Cl.NCCCC[C@@H](NS(=O)(=O)Cc1ccccc1)C(=O)Nc1ccc(C(c2ccc(NC(=O)[C@@H](CCCCN)NS(=O)(=O)Cc3ccccc3)cc2)c2ccc(NC(=O)[C@@H](CCCCN)NS(=O)(=O)Cc3ccccc3)cc2)cc1. The van der Waals surface area contributed by atoms with Crippen molar-refractivity contribution < 1.29 is 39.6 Å². The Bertz CT molecular complexity index is 2860. The molecule has 0 unspecified atom stereocenters. The van der Waals surface area contributed by atoms with Crippen LogP contribution < -0.4 is 47.3 Å². The fraction of sp³-hybridized carbons (Fsp3) is 0.328. The predicted octanol–water partition coefficient (Wildman–Crippen LogP) is 6.96. The van der Waals surface area contributed by atoms with Crippen molar-refractivity contribution in [2.45, 2.75) is 99.1 Å². The molecule has 3 atom stereocenters. The number of nitrogens with one attached hydrogen (secondary N) is 6. The van der Waals surface area contributed by atoms with Gasteiger partial charge >= 0.3 is 0 Å². The second kappa shape index (κ2) is 32.2. The van der Waals surface area contributed by atoms with E-state index < -0.39 is 71.8 Å². The number of carbonyl (C=O) groups is 3. The molecule has 0 heterocycles. The van der Waals surface area contributed by atoms with Crippen LogP contribution in [0.4, 0.5) is 17.1 Å². The normalized spacial score (nSPS) is 12.9. The van der Waals surface area contributed by atoms with Gasteiger partial charge in [0.2, 0.25) is 47.8 Å². The van der Waals surface area contributed by atoms with Crippen LogP contribution in [0.5, 0.6) is 0 Å². The Kier molecular flexibility index (Phi) is 25.9. The van der Waals surface area contributed by atoms with Gasteiger partial charge in [0.25, 0.3) is 0 Å². The molecule has 0 bridgehead atoms. The quantitative estimate of drug-likeness (QED) is 0.0149. The van der Waals surface area contributed by atoms with Gasteiger partial charge < -0.3 is 33.2 Å². The number of unbranched alkanes of at least 4 members (excludes halogenated alkanes) is 3. The maximum absolute atomic E-state index is 13.8. The molecule has 0 aromatic heterocycles. The maximum Gasteiger partial charge on any atom is 0.242 e. The van der Waals surface area contributed by atoms with Gasteiger partial charge in [-0.05, 0) is 128 Å². The number of rotatable bonds is 33. The molecule has 0 aliphatic rings. The Labute approximate surface area is 477 Å². The van der Waals surface area contributed by atoms with Crippen molar-refractivity contribution in [3.05, 3.63) is 197 Å². The molecule has 22 heteroatoms. The van der Waals surface area contributed by atoms with E-state index in [1.165, 1.54) is 0 Å². The van der Waals surface area contributed by atoms with E-state index >= 15 is 0 Å². The van der Waals surface area contributed by atoms with Crippen molar-refractivity contribution in [2.24, 2.45) is 17.2 Å². The number of carbonyl (C=O) groups excluding carboxylic acids is 3. The Hall–Kier alpha value is -6.37. The number of hydrogen-bond acceptors (Lipinski definition) is 12. The lowest BCUT2D eigenvalue weighted by atomic mass is 9.85. The summed E-state index contributed by atoms with van der Waals surface area (Å²) in [5.41, 5.74) is 22.5. The smallest absolute Gasteiger partial charge is 0.242 e. The minimum atomic E-state index is -3.91. The minimum absolute atomic E-state index is 0. The van der Waals surface area contributed by atoms with Gasteiger partial charge in [-0.25, -0.2) is 39.4 Å². The molecule has 6 aromatic carbocycles. The number of halogens is 1. The zero-order valence-electron chi connectivity index (χ0n) is 44.5. The second-order valence-corrected chi connectivity index (χ2v) is 24.6. The zero-order chi connectivity index (χ0) is 56.7. The van der Waals surface area contributed by atoms with Crippen molar-refractivity contribution in [3.8, 4) is 0 Å². The van der Waals surface area contributed by atoms with Crippen LogP contribution in [0.1, 0.15) is 97.1 Å². The number of benzene rings is 6. The summed E-state index contributed by atoms with van der Waals surface area (Å²) in [4.78, 5) is 41.4. The van der Waals surface area contributed by atoms with Crippen LogP contribution in [0.3, 0.4) is 0 Å². The first-order valence-corrected chi connectivity index (χ1v) is 31.4. The van der Waals surface area contributed by atoms with E-state index in [9.17, 15) is 39.6 Å². The Morgan fingerprint density at radius 2 is 0.588 bits per heavy atom. The van der Waals surface area contributed by atoms with E-state index in [1.807, 2.05) is 36.4 Å². The van der Waals surface area contributed by atoms with Crippen LogP contribution in [0, 0.1) is 0 Å². The summed E-state index contributed by atoms with van der Waals surface area (Å²) >= 11 is 0. The molecule has 6 aromatic rings. The predicted molar refractivity (Wildman–Crippen MR) is 320 cm³/mol. The van der Waals surface area contributed by atoms with Gasteiger partial charge in [-0.3, -0.25) is 14.4 Å². The highest BCUT2D eigenvalue weighted by molar-refractivity contribution is 7.89. The third-order valence-corrected chi connectivity index (χ3v) is 17.0. The first-order valence-electron chi connectivity index (χ1n) is 26.4. The van der Waals surface area contributed by atoms with E-state index in [0.29, 0.717) is 91.9 Å². The number of amides is 3. The van der Waals surface area contributed by atoms with Gasteiger partial charge in [0.1, 0.15) is 18.1 Å². The van der Waals surface area contributed by atoms with Gasteiger partial charge in [0.15, 0.2) is 0 Å². The molecule has 0 saturated carbocycles. The summed E-state index contributed by atoms with van der Waals surface area (Å²) in [6.07, 6.45) is 4.00. The molecule has 12 N–H and O–H groups in total. The van der Waals surface area contributed by atoms with Crippen LogP contribution in [-0.2, 0) is 61.7 Å². The fourth-order valence-corrected chi connectivity index (χ4v) is 13.0. The molecule has 18 nitrogen and oxygen atoms in total. The maximum atomic E-state index is 13.8. The number of anilines is 3. The second-order valence-electron chi connectivity index (χ2n) is 19.4. The van der Waals surface area contributed by atoms with Crippen LogP contribution in [0.25, 0.3) is 0 Å². The average Bonchev–Trinajstić information content (AvgIpc) is 3.46. The molecule has 430 valence electrons. The van der Waals surface area contributed by atoms with Crippen molar-refractivity contribution in [3.63, 3.8) is 0 Å². The Morgan fingerprint density at radius 3 is 0.812 bits per heavy atom. The van der Waals surface area contributed by atoms with E-state index in [1.54, 1.807) is 127 Å². The van der Waals surface area contributed by atoms with Crippen LogP contribution in [0.2, 0.25) is 0 Å². The van der Waals surface area contributed by atoms with Gasteiger partial charge in [-0.2, -0.15) is 0 Å². The third kappa shape index (κ3) is 21.6. The molecule has 6 rings (SSSR count).